The summed E-state index contributed by atoms with van der Waals surface area (Å²) in [7, 11) is -4.37. The Morgan fingerprint density at radius 3 is 2.41 bits per heavy atom. The molecule has 2 N–H and O–H groups in total. The highest BCUT2D eigenvalue weighted by atomic mass is 32.2. The van der Waals surface area contributed by atoms with E-state index in [4.69, 9.17) is 9.47 Å². The molecular weight excluding hydrogens is 509 g/mol. The number of carbonyl (C=O) groups is 3. The van der Waals surface area contributed by atoms with E-state index in [0.717, 1.165) is 12.5 Å². The van der Waals surface area contributed by atoms with Gasteiger partial charge in [0, 0.05) is 12.5 Å². The molecule has 37 heavy (non-hydrogen) atoms. The van der Waals surface area contributed by atoms with Gasteiger partial charge in [-0.1, -0.05) is 33.8 Å². The van der Waals surface area contributed by atoms with Crippen LogP contribution in [0.15, 0.2) is 18.2 Å². The Morgan fingerprint density at radius 1 is 1.16 bits per heavy atom. The quantitative estimate of drug-likeness (QED) is 0.378. The number of benzene rings is 1. The molecule has 2 aliphatic heterocycles. The lowest BCUT2D eigenvalue weighted by molar-refractivity contribution is -0.169. The van der Waals surface area contributed by atoms with Crippen LogP contribution in [0.1, 0.15) is 53.0 Å². The molecule has 2 atom stereocenters. The van der Waals surface area contributed by atoms with Crippen LogP contribution in [0.3, 0.4) is 0 Å². The second-order valence-electron chi connectivity index (χ2n) is 9.73. The molecule has 0 saturated carbocycles. The predicted molar refractivity (Wildman–Crippen MR) is 132 cm³/mol. The maximum absolute atomic E-state index is 15.7. The molecule has 0 radical (unpaired) electrons. The minimum Gasteiger partial charge on any atom is -0.506 e. The van der Waals surface area contributed by atoms with E-state index < -0.39 is 70.2 Å². The van der Waals surface area contributed by atoms with Crippen LogP contribution in [0.5, 0.6) is 5.75 Å². The molecule has 0 aliphatic carbocycles. The van der Waals surface area contributed by atoms with Crippen LogP contribution in [0.25, 0.3) is 5.57 Å². The zero-order chi connectivity index (χ0) is 27.7. The number of esters is 1. The van der Waals surface area contributed by atoms with Gasteiger partial charge in [-0.2, -0.15) is 8.42 Å². The Hall–Kier alpha value is -3.35. The van der Waals surface area contributed by atoms with E-state index >= 15 is 4.39 Å². The highest BCUT2D eigenvalue weighted by molar-refractivity contribution is 7.92. The minimum atomic E-state index is -4.37. The van der Waals surface area contributed by atoms with Crippen molar-refractivity contribution in [3.8, 4) is 5.75 Å². The summed E-state index contributed by atoms with van der Waals surface area (Å²) in [5, 5.41) is 10.3. The molecule has 1 fully saturated rings. The van der Waals surface area contributed by atoms with Gasteiger partial charge >= 0.3 is 22.3 Å². The molecule has 13 heteroatoms. The molecule has 1 saturated heterocycles. The molecule has 2 heterocycles. The third-order valence-electron chi connectivity index (χ3n) is 5.94. The average molecular weight is 542 g/mol. The second kappa shape index (κ2) is 11.0. The van der Waals surface area contributed by atoms with Crippen molar-refractivity contribution in [2.24, 2.45) is 11.8 Å². The number of anilines is 1. The van der Waals surface area contributed by atoms with Gasteiger partial charge in [-0.05, 0) is 36.5 Å². The number of phenols is 1. The number of hydrogen-bond acceptors (Lipinski definition) is 8. The molecule has 0 bridgehead atoms. The second-order valence-corrected chi connectivity index (χ2v) is 11.3. The molecule has 204 valence electrons. The van der Waals surface area contributed by atoms with E-state index in [1.54, 1.807) is 24.6 Å². The number of phenolic OH excluding ortho intramolecular Hbond substituents is 1. The smallest absolute Gasteiger partial charge is 0.413 e. The fourth-order valence-corrected chi connectivity index (χ4v) is 5.18. The van der Waals surface area contributed by atoms with Crippen molar-refractivity contribution in [1.82, 2.24) is 9.62 Å². The van der Waals surface area contributed by atoms with Crippen LogP contribution in [-0.4, -0.2) is 61.8 Å². The first-order valence-corrected chi connectivity index (χ1v) is 13.4. The average Bonchev–Trinajstić information content (AvgIpc) is 3.31. The Kier molecular flexibility index (Phi) is 8.35. The molecule has 0 spiro atoms. The summed E-state index contributed by atoms with van der Waals surface area (Å²) in [5.41, 5.74) is -0.329. The van der Waals surface area contributed by atoms with Gasteiger partial charge in [0.1, 0.15) is 18.0 Å². The predicted octanol–water partition coefficient (Wildman–Crippen LogP) is 2.90. The third-order valence-corrected chi connectivity index (χ3v) is 7.32. The molecule has 2 aliphatic rings. The fourth-order valence-electron chi connectivity index (χ4n) is 4.01. The fraction of sp³-hybridized carbons (Fsp3) is 0.542. The Balaban J connectivity index is 1.90. The first kappa shape index (κ1) is 28.2. The first-order chi connectivity index (χ1) is 17.2. The van der Waals surface area contributed by atoms with Crippen LogP contribution >= 0.6 is 0 Å². The van der Waals surface area contributed by atoms with Gasteiger partial charge in [0.25, 0.3) is 5.91 Å². The van der Waals surface area contributed by atoms with Gasteiger partial charge in [0.15, 0.2) is 5.82 Å². The maximum Gasteiger partial charge on any atom is 0.413 e. The van der Waals surface area contributed by atoms with Crippen LogP contribution in [0, 0.1) is 17.7 Å². The summed E-state index contributed by atoms with van der Waals surface area (Å²) in [5.74, 6) is -3.18. The Bertz CT molecular complexity index is 1210. The molecule has 1 unspecified atom stereocenters. The summed E-state index contributed by atoms with van der Waals surface area (Å²) in [4.78, 5) is 37.8. The number of hydrogen-bond donors (Lipinski definition) is 2. The molecule has 0 aromatic heterocycles. The molecule has 1 aromatic carbocycles. The van der Waals surface area contributed by atoms with Crippen molar-refractivity contribution in [2.75, 3.05) is 17.4 Å². The lowest BCUT2D eigenvalue weighted by Crippen LogP contribution is -2.39. The maximum atomic E-state index is 15.7. The van der Waals surface area contributed by atoms with Gasteiger partial charge in [-0.15, -0.1) is 0 Å². The first-order valence-electron chi connectivity index (χ1n) is 11.9. The molecular formula is C24H32FN3O8S. The van der Waals surface area contributed by atoms with Gasteiger partial charge in [-0.25, -0.2) is 18.2 Å². The normalized spacial score (nSPS) is 19.7. The van der Waals surface area contributed by atoms with Crippen molar-refractivity contribution >= 4 is 39.4 Å². The summed E-state index contributed by atoms with van der Waals surface area (Å²) in [6.45, 7) is 8.00. The summed E-state index contributed by atoms with van der Waals surface area (Å²) in [6.07, 6.45) is 1.08. The van der Waals surface area contributed by atoms with E-state index in [-0.39, 0.29) is 12.1 Å². The number of nitrogens with one attached hydrogen (secondary N) is 1. The molecule has 11 nitrogen and oxygen atoms in total. The van der Waals surface area contributed by atoms with Crippen LogP contribution in [0.4, 0.5) is 14.9 Å². The molecule has 3 rings (SSSR count). The van der Waals surface area contributed by atoms with E-state index in [1.165, 1.54) is 17.9 Å². The topological polar surface area (TPSA) is 143 Å². The SMILES string of the molecule is CC(C)CC[C@H]1C=C(c2ccc(O)c(N3CC(=O)NS3(=O)=O)c2F)CN1C(=O)OC(C)OC(=O)C(C)C. The van der Waals surface area contributed by atoms with E-state index in [0.29, 0.717) is 22.2 Å². The summed E-state index contributed by atoms with van der Waals surface area (Å²) < 4.78 is 52.8. The van der Waals surface area contributed by atoms with Crippen molar-refractivity contribution in [3.63, 3.8) is 0 Å². The largest absolute Gasteiger partial charge is 0.506 e. The summed E-state index contributed by atoms with van der Waals surface area (Å²) in [6, 6.07) is 1.94. The Labute approximate surface area is 215 Å². The van der Waals surface area contributed by atoms with Crippen LogP contribution in [0.2, 0.25) is 0 Å². The van der Waals surface area contributed by atoms with E-state index in [9.17, 15) is 27.9 Å². The van der Waals surface area contributed by atoms with Crippen molar-refractivity contribution in [3.05, 3.63) is 29.6 Å². The molecule has 2 amide bonds. The number of rotatable bonds is 8. The zero-order valence-electron chi connectivity index (χ0n) is 21.4. The minimum absolute atomic E-state index is 0.0357. The van der Waals surface area contributed by atoms with E-state index in [1.807, 2.05) is 13.8 Å². The van der Waals surface area contributed by atoms with E-state index in [2.05, 4.69) is 0 Å². The van der Waals surface area contributed by atoms with Gasteiger partial charge in [0.2, 0.25) is 6.29 Å². The number of ether oxygens (including phenoxy) is 2. The standard InChI is InChI=1S/C24H32FN3O8S/c1-13(2)6-7-17-10-16(11-27(17)24(32)36-15(5)35-23(31)14(3)4)18-8-9-19(29)22(21(18)25)28-12-20(30)26-37(28,33)34/h8-10,13-15,17,29H,6-7,11-12H2,1-5H3,(H,26,30)/t15?,17-/m0/s1. The van der Waals surface area contributed by atoms with Gasteiger partial charge in [0.05, 0.1) is 18.5 Å². The number of nitrogens with zero attached hydrogens (tertiary/aromatic N) is 2. The number of halogens is 1. The summed E-state index contributed by atoms with van der Waals surface area (Å²) >= 11 is 0. The number of carbonyl (C=O) groups excluding carboxylic acids is 3. The van der Waals surface area contributed by atoms with Crippen LogP contribution < -0.4 is 9.03 Å². The number of amides is 2. The monoisotopic (exact) mass is 541 g/mol. The van der Waals surface area contributed by atoms with Crippen LogP contribution in [-0.2, 0) is 29.3 Å². The highest BCUT2D eigenvalue weighted by Gasteiger charge is 2.39. The third kappa shape index (κ3) is 6.32. The van der Waals surface area contributed by atoms with Crippen molar-refractivity contribution in [2.45, 2.75) is 59.8 Å². The number of aromatic hydroxyl groups is 1. The lowest BCUT2D eigenvalue weighted by atomic mass is 10.0. The Morgan fingerprint density at radius 2 is 1.84 bits per heavy atom. The highest BCUT2D eigenvalue weighted by Crippen LogP contribution is 2.39. The van der Waals surface area contributed by atoms with Gasteiger partial charge < -0.3 is 14.6 Å². The zero-order valence-corrected chi connectivity index (χ0v) is 22.2. The van der Waals surface area contributed by atoms with Crippen molar-refractivity contribution < 1.29 is 41.8 Å². The van der Waals surface area contributed by atoms with Crippen molar-refractivity contribution in [1.29, 1.82) is 0 Å². The van der Waals surface area contributed by atoms with Gasteiger partial charge in [-0.3, -0.25) is 14.5 Å². The molecule has 1 aromatic rings. The lowest BCUT2D eigenvalue weighted by Gasteiger charge is -2.26.